The van der Waals surface area contributed by atoms with Gasteiger partial charge in [0, 0.05) is 17.7 Å². The number of carbonyl (C=O) groups is 2. The summed E-state index contributed by atoms with van der Waals surface area (Å²) in [7, 11) is 0. The second kappa shape index (κ2) is 8.65. The molecule has 11 heteroatoms. The minimum absolute atomic E-state index is 0.131. The molecule has 1 fully saturated rings. The van der Waals surface area contributed by atoms with Gasteiger partial charge in [-0.05, 0) is 55.3 Å². The lowest BCUT2D eigenvalue weighted by Crippen LogP contribution is -2.43. The quantitative estimate of drug-likeness (QED) is 0.573. The highest BCUT2D eigenvalue weighted by molar-refractivity contribution is 7.18. The number of hydrogen-bond donors (Lipinski definition) is 1. The van der Waals surface area contributed by atoms with Crippen molar-refractivity contribution in [1.82, 2.24) is 15.1 Å². The molecule has 32 heavy (non-hydrogen) atoms. The van der Waals surface area contributed by atoms with Gasteiger partial charge in [-0.25, -0.2) is 4.39 Å². The summed E-state index contributed by atoms with van der Waals surface area (Å²) in [6, 6.07) is 8.94. The molecule has 0 spiro atoms. The Morgan fingerprint density at radius 1 is 1.09 bits per heavy atom. The van der Waals surface area contributed by atoms with Crippen molar-refractivity contribution in [2.75, 3.05) is 11.9 Å². The van der Waals surface area contributed by atoms with Crippen molar-refractivity contribution >= 4 is 28.3 Å². The summed E-state index contributed by atoms with van der Waals surface area (Å²) in [5.41, 5.74) is -0.425. The van der Waals surface area contributed by atoms with E-state index in [2.05, 4.69) is 15.5 Å². The molecule has 4 rings (SSSR count). The molecule has 1 aromatic heterocycles. The Bertz CT molecular complexity index is 1150. The second-order valence-electron chi connectivity index (χ2n) is 7.14. The minimum Gasteiger partial charge on any atom is -0.327 e. The lowest BCUT2D eigenvalue weighted by molar-refractivity contribution is -0.137. The Balaban J connectivity index is 1.47. The van der Waals surface area contributed by atoms with Crippen LogP contribution in [0.2, 0.25) is 0 Å². The fourth-order valence-corrected chi connectivity index (χ4v) is 4.20. The van der Waals surface area contributed by atoms with Gasteiger partial charge in [0.25, 0.3) is 5.91 Å². The minimum atomic E-state index is -4.57. The molecule has 1 saturated heterocycles. The van der Waals surface area contributed by atoms with Gasteiger partial charge in [-0.3, -0.25) is 14.9 Å². The summed E-state index contributed by atoms with van der Waals surface area (Å²) < 4.78 is 52.0. The van der Waals surface area contributed by atoms with E-state index in [9.17, 15) is 27.2 Å². The van der Waals surface area contributed by atoms with Crippen LogP contribution in [0.1, 0.15) is 28.8 Å². The number of carbonyl (C=O) groups excluding carboxylic acids is 2. The number of nitrogens with one attached hydrogen (secondary N) is 1. The fraction of sp³-hybridized carbons (Fsp3) is 0.238. The molecule has 2 amide bonds. The first-order valence-corrected chi connectivity index (χ1v) is 10.4. The number of rotatable bonds is 4. The number of alkyl halides is 3. The lowest BCUT2D eigenvalue weighted by atomic mass is 10.1. The summed E-state index contributed by atoms with van der Waals surface area (Å²) in [5, 5.41) is 11.2. The topological polar surface area (TPSA) is 75.2 Å². The Kier molecular flexibility index (Phi) is 5.92. The highest BCUT2D eigenvalue weighted by Gasteiger charge is 2.36. The predicted molar refractivity (Wildman–Crippen MR) is 109 cm³/mol. The highest BCUT2D eigenvalue weighted by atomic mass is 32.1. The first-order chi connectivity index (χ1) is 15.2. The monoisotopic (exact) mass is 464 g/mol. The van der Waals surface area contributed by atoms with Crippen LogP contribution < -0.4 is 5.32 Å². The van der Waals surface area contributed by atoms with Crippen molar-refractivity contribution in [2.24, 2.45) is 0 Å². The maximum absolute atomic E-state index is 13.1. The first-order valence-electron chi connectivity index (χ1n) is 9.61. The van der Waals surface area contributed by atoms with E-state index in [-0.39, 0.29) is 17.2 Å². The fourth-order valence-electron chi connectivity index (χ4n) is 3.45. The van der Waals surface area contributed by atoms with Crippen molar-refractivity contribution in [2.45, 2.75) is 25.1 Å². The SMILES string of the molecule is O=C(Nc1nnc(-c2ccc(F)cc2)s1)C1CCCN1C(=O)c1cccc(C(F)(F)F)c1. The van der Waals surface area contributed by atoms with Crippen molar-refractivity contribution < 1.29 is 27.2 Å². The number of halogens is 4. The molecule has 166 valence electrons. The van der Waals surface area contributed by atoms with Crippen LogP contribution in [0.3, 0.4) is 0 Å². The van der Waals surface area contributed by atoms with Crippen LogP contribution in [-0.2, 0) is 11.0 Å². The molecule has 1 aliphatic heterocycles. The van der Waals surface area contributed by atoms with E-state index >= 15 is 0 Å². The molecule has 0 aliphatic carbocycles. The van der Waals surface area contributed by atoms with E-state index < -0.39 is 35.4 Å². The van der Waals surface area contributed by atoms with Crippen LogP contribution in [0.15, 0.2) is 48.5 Å². The van der Waals surface area contributed by atoms with Gasteiger partial charge in [0.05, 0.1) is 5.56 Å². The molecule has 1 N–H and O–H groups in total. The van der Waals surface area contributed by atoms with Gasteiger partial charge in [0.15, 0.2) is 0 Å². The van der Waals surface area contributed by atoms with Crippen LogP contribution in [0.4, 0.5) is 22.7 Å². The molecule has 1 atom stereocenters. The predicted octanol–water partition coefficient (Wildman–Crippen LogP) is 4.61. The lowest BCUT2D eigenvalue weighted by Gasteiger charge is -2.24. The molecule has 0 radical (unpaired) electrons. The third-order valence-corrected chi connectivity index (χ3v) is 5.89. The van der Waals surface area contributed by atoms with Crippen LogP contribution >= 0.6 is 11.3 Å². The molecule has 6 nitrogen and oxygen atoms in total. The Morgan fingerprint density at radius 2 is 1.84 bits per heavy atom. The number of hydrogen-bond acceptors (Lipinski definition) is 5. The highest BCUT2D eigenvalue weighted by Crippen LogP contribution is 2.31. The Hall–Kier alpha value is -3.34. The normalized spacial score (nSPS) is 16.2. The van der Waals surface area contributed by atoms with Gasteiger partial charge in [-0.1, -0.05) is 17.4 Å². The van der Waals surface area contributed by atoms with Crippen LogP contribution in [0.25, 0.3) is 10.6 Å². The summed E-state index contributed by atoms with van der Waals surface area (Å²) in [5.74, 6) is -1.53. The molecule has 2 aromatic carbocycles. The number of amides is 2. The van der Waals surface area contributed by atoms with Crippen LogP contribution in [0.5, 0.6) is 0 Å². The van der Waals surface area contributed by atoms with Crippen molar-refractivity contribution in [3.8, 4) is 10.6 Å². The molecular formula is C21H16F4N4O2S. The van der Waals surface area contributed by atoms with E-state index in [0.29, 0.717) is 23.4 Å². The second-order valence-corrected chi connectivity index (χ2v) is 8.12. The van der Waals surface area contributed by atoms with Crippen molar-refractivity contribution in [1.29, 1.82) is 0 Å². The van der Waals surface area contributed by atoms with Gasteiger partial charge >= 0.3 is 6.18 Å². The first kappa shape index (κ1) is 21.9. The number of benzene rings is 2. The van der Waals surface area contributed by atoms with E-state index in [4.69, 9.17) is 0 Å². The maximum atomic E-state index is 13.1. The van der Waals surface area contributed by atoms with Gasteiger partial charge in [-0.2, -0.15) is 13.2 Å². The standard InChI is InChI=1S/C21H16F4N4O2S/c22-15-8-6-12(7-9-15)18-27-28-20(32-18)26-17(30)16-5-2-10-29(16)19(31)13-3-1-4-14(11-13)21(23,24)25/h1,3-4,6-9,11,16H,2,5,10H2,(H,26,28,30). The van der Waals surface area contributed by atoms with Crippen LogP contribution in [0, 0.1) is 5.82 Å². The zero-order chi connectivity index (χ0) is 22.9. The smallest absolute Gasteiger partial charge is 0.327 e. The maximum Gasteiger partial charge on any atom is 0.416 e. The summed E-state index contributed by atoms with van der Waals surface area (Å²) >= 11 is 1.08. The molecule has 0 saturated carbocycles. The van der Waals surface area contributed by atoms with Crippen molar-refractivity contribution in [3.63, 3.8) is 0 Å². The summed E-state index contributed by atoms with van der Waals surface area (Å²) in [6.07, 6.45) is -3.65. The number of nitrogens with zero attached hydrogens (tertiary/aromatic N) is 3. The van der Waals surface area contributed by atoms with E-state index in [0.717, 1.165) is 23.5 Å². The average molecular weight is 464 g/mol. The molecular weight excluding hydrogens is 448 g/mol. The summed E-state index contributed by atoms with van der Waals surface area (Å²) in [4.78, 5) is 26.9. The zero-order valence-electron chi connectivity index (χ0n) is 16.4. The van der Waals surface area contributed by atoms with Gasteiger partial charge < -0.3 is 4.90 Å². The zero-order valence-corrected chi connectivity index (χ0v) is 17.2. The Morgan fingerprint density at radius 3 is 2.56 bits per heavy atom. The van der Waals surface area contributed by atoms with Crippen molar-refractivity contribution in [3.05, 3.63) is 65.5 Å². The molecule has 2 heterocycles. The van der Waals surface area contributed by atoms with Gasteiger partial charge in [-0.15, -0.1) is 10.2 Å². The number of likely N-dealkylation sites (tertiary alicyclic amines) is 1. The van der Waals surface area contributed by atoms with Crippen LogP contribution in [-0.4, -0.2) is 39.5 Å². The molecule has 1 aliphatic rings. The third-order valence-electron chi connectivity index (χ3n) is 5.00. The van der Waals surface area contributed by atoms with E-state index in [1.165, 1.54) is 41.3 Å². The number of aromatic nitrogens is 2. The summed E-state index contributed by atoms with van der Waals surface area (Å²) in [6.45, 7) is 0.254. The molecule has 3 aromatic rings. The average Bonchev–Trinajstić information content (AvgIpc) is 3.43. The van der Waals surface area contributed by atoms with E-state index in [1.54, 1.807) is 0 Å². The Labute approximate surface area is 183 Å². The number of anilines is 1. The molecule has 1 unspecified atom stereocenters. The van der Waals surface area contributed by atoms with Gasteiger partial charge in [0.2, 0.25) is 11.0 Å². The van der Waals surface area contributed by atoms with E-state index in [1.807, 2.05) is 0 Å². The largest absolute Gasteiger partial charge is 0.416 e. The molecule has 0 bridgehead atoms. The third kappa shape index (κ3) is 4.62. The van der Waals surface area contributed by atoms with Gasteiger partial charge in [0.1, 0.15) is 16.9 Å².